The number of hydrogen-bond acceptors (Lipinski definition) is 4. The Morgan fingerprint density at radius 1 is 1.53 bits per heavy atom. The van der Waals surface area contributed by atoms with Crippen LogP contribution in [0.25, 0.3) is 0 Å². The Labute approximate surface area is 108 Å². The summed E-state index contributed by atoms with van der Waals surface area (Å²) in [6.45, 7) is 4.01. The molecule has 0 aliphatic heterocycles. The monoisotopic (exact) mass is 269 g/mol. The van der Waals surface area contributed by atoms with Crippen LogP contribution in [-0.4, -0.2) is 20.5 Å². The highest BCUT2D eigenvalue weighted by atomic mass is 35.5. The lowest BCUT2D eigenvalue weighted by atomic mass is 10.2. The van der Waals surface area contributed by atoms with Gasteiger partial charge in [0.2, 0.25) is 0 Å². The van der Waals surface area contributed by atoms with Crippen LogP contribution in [0.4, 0.5) is 0 Å². The lowest BCUT2D eigenvalue weighted by molar-refractivity contribution is 0.0993. The van der Waals surface area contributed by atoms with Crippen LogP contribution in [0.5, 0.6) is 0 Å². The number of carbonyl (C=O) groups excluding carboxylic acids is 1. The molecule has 2 heterocycles. The first-order chi connectivity index (χ1) is 8.08. The lowest BCUT2D eigenvalue weighted by Gasteiger charge is -2.08. The number of carbonyl (C=O) groups is 1. The van der Waals surface area contributed by atoms with E-state index in [9.17, 15) is 4.79 Å². The molecule has 0 saturated heterocycles. The second-order valence-corrected chi connectivity index (χ2v) is 5.63. The highest BCUT2D eigenvalue weighted by Crippen LogP contribution is 2.22. The van der Waals surface area contributed by atoms with Crippen molar-refractivity contribution in [1.82, 2.24) is 14.8 Å². The first kappa shape index (κ1) is 12.3. The van der Waals surface area contributed by atoms with Crippen LogP contribution in [0.3, 0.4) is 0 Å². The van der Waals surface area contributed by atoms with Crippen molar-refractivity contribution >= 4 is 28.7 Å². The van der Waals surface area contributed by atoms with Gasteiger partial charge in [-0.05, 0) is 26.0 Å². The molecule has 90 valence electrons. The number of ketones is 1. The summed E-state index contributed by atoms with van der Waals surface area (Å²) in [5.41, 5.74) is 0. The first-order valence-corrected chi connectivity index (χ1v) is 6.44. The minimum atomic E-state index is 0.0248. The molecule has 0 aliphatic rings. The van der Waals surface area contributed by atoms with Gasteiger partial charge in [0.1, 0.15) is 12.2 Å². The molecule has 0 amide bonds. The van der Waals surface area contributed by atoms with E-state index >= 15 is 0 Å². The van der Waals surface area contributed by atoms with Gasteiger partial charge in [-0.3, -0.25) is 4.79 Å². The maximum atomic E-state index is 12.0. The van der Waals surface area contributed by atoms with Crippen molar-refractivity contribution in [2.45, 2.75) is 26.3 Å². The first-order valence-electron chi connectivity index (χ1n) is 5.25. The minimum Gasteiger partial charge on any atom is -0.293 e. The average molecular weight is 270 g/mol. The molecular weight excluding hydrogens is 258 g/mol. The van der Waals surface area contributed by atoms with Gasteiger partial charge in [0.25, 0.3) is 0 Å². The number of aromatic nitrogens is 3. The summed E-state index contributed by atoms with van der Waals surface area (Å²) >= 11 is 7.09. The Bertz CT molecular complexity index is 532. The molecule has 0 radical (unpaired) electrons. The maximum Gasteiger partial charge on any atom is 0.180 e. The highest BCUT2D eigenvalue weighted by molar-refractivity contribution is 7.18. The Hall–Kier alpha value is -1.20. The largest absolute Gasteiger partial charge is 0.293 e. The van der Waals surface area contributed by atoms with Crippen LogP contribution in [0.1, 0.15) is 35.4 Å². The lowest BCUT2D eigenvalue weighted by Crippen LogP contribution is -2.12. The molecule has 0 N–H and O–H groups in total. The normalized spacial score (nSPS) is 11.1. The number of halogens is 1. The van der Waals surface area contributed by atoms with E-state index in [1.54, 1.807) is 16.8 Å². The van der Waals surface area contributed by atoms with E-state index in [0.29, 0.717) is 15.0 Å². The predicted molar refractivity (Wildman–Crippen MR) is 67.8 cm³/mol. The summed E-state index contributed by atoms with van der Waals surface area (Å²) < 4.78 is 2.38. The van der Waals surface area contributed by atoms with E-state index in [1.165, 1.54) is 17.7 Å². The number of thiophene rings is 1. The fourth-order valence-electron chi connectivity index (χ4n) is 1.53. The maximum absolute atomic E-state index is 12.0. The summed E-state index contributed by atoms with van der Waals surface area (Å²) in [4.78, 5) is 16.7. The van der Waals surface area contributed by atoms with Crippen molar-refractivity contribution in [2.75, 3.05) is 0 Å². The van der Waals surface area contributed by atoms with E-state index in [0.717, 1.165) is 0 Å². The van der Waals surface area contributed by atoms with E-state index in [-0.39, 0.29) is 18.2 Å². The van der Waals surface area contributed by atoms with Crippen LogP contribution in [0.2, 0.25) is 4.34 Å². The summed E-state index contributed by atoms with van der Waals surface area (Å²) in [6, 6.07) is 3.67. The van der Waals surface area contributed by atoms with Crippen molar-refractivity contribution in [1.29, 1.82) is 0 Å². The van der Waals surface area contributed by atoms with Gasteiger partial charge in [-0.1, -0.05) is 11.6 Å². The van der Waals surface area contributed by atoms with Crippen molar-refractivity contribution < 1.29 is 4.79 Å². The van der Waals surface area contributed by atoms with Crippen LogP contribution in [0.15, 0.2) is 18.5 Å². The second kappa shape index (κ2) is 4.98. The Morgan fingerprint density at radius 3 is 2.88 bits per heavy atom. The Balaban J connectivity index is 2.16. The number of rotatable bonds is 4. The molecule has 2 rings (SSSR count). The third-order valence-electron chi connectivity index (χ3n) is 2.30. The van der Waals surface area contributed by atoms with Gasteiger partial charge in [-0.25, -0.2) is 9.67 Å². The SMILES string of the molecule is CC(C)n1ncnc1CC(=O)c1ccc(Cl)s1. The predicted octanol–water partition coefficient (Wildman–Crippen LogP) is 3.00. The molecule has 17 heavy (non-hydrogen) atoms. The van der Waals surface area contributed by atoms with Gasteiger partial charge in [0.15, 0.2) is 5.78 Å². The van der Waals surface area contributed by atoms with E-state index in [1.807, 2.05) is 13.8 Å². The molecule has 0 aromatic carbocycles. The Kier molecular flexibility index (Phi) is 3.59. The molecule has 6 heteroatoms. The summed E-state index contributed by atoms with van der Waals surface area (Å²) in [7, 11) is 0. The number of nitrogens with zero attached hydrogens (tertiary/aromatic N) is 3. The molecule has 0 spiro atoms. The van der Waals surface area contributed by atoms with Crippen molar-refractivity contribution in [3.05, 3.63) is 33.5 Å². The fraction of sp³-hybridized carbons (Fsp3) is 0.364. The standard InChI is InChI=1S/C11H12ClN3OS/c1-7(2)15-11(13-6-14-15)5-8(16)9-3-4-10(12)17-9/h3-4,6-7H,5H2,1-2H3. The van der Waals surface area contributed by atoms with Gasteiger partial charge in [0.05, 0.1) is 15.6 Å². The van der Waals surface area contributed by atoms with Crippen molar-refractivity contribution in [2.24, 2.45) is 0 Å². The van der Waals surface area contributed by atoms with Gasteiger partial charge < -0.3 is 0 Å². The van der Waals surface area contributed by atoms with Crippen LogP contribution in [0, 0.1) is 0 Å². The zero-order valence-corrected chi connectivity index (χ0v) is 11.1. The molecular formula is C11H12ClN3OS. The molecule has 0 atom stereocenters. The summed E-state index contributed by atoms with van der Waals surface area (Å²) in [5, 5.41) is 4.10. The number of hydrogen-bond donors (Lipinski definition) is 0. The fourth-order valence-corrected chi connectivity index (χ4v) is 2.51. The highest BCUT2D eigenvalue weighted by Gasteiger charge is 2.15. The Morgan fingerprint density at radius 2 is 2.29 bits per heavy atom. The second-order valence-electron chi connectivity index (χ2n) is 3.92. The van der Waals surface area contributed by atoms with Gasteiger partial charge in [-0.2, -0.15) is 5.10 Å². The van der Waals surface area contributed by atoms with E-state index in [4.69, 9.17) is 11.6 Å². The van der Waals surface area contributed by atoms with E-state index < -0.39 is 0 Å². The molecule has 0 unspecified atom stereocenters. The topological polar surface area (TPSA) is 47.8 Å². The number of Topliss-reactive ketones (excluding diaryl/α,β-unsaturated/α-hetero) is 1. The molecule has 0 bridgehead atoms. The molecule has 2 aromatic rings. The van der Waals surface area contributed by atoms with Crippen LogP contribution in [-0.2, 0) is 6.42 Å². The van der Waals surface area contributed by atoms with Gasteiger partial charge in [0, 0.05) is 6.04 Å². The average Bonchev–Trinajstić information content (AvgIpc) is 2.86. The third-order valence-corrected chi connectivity index (χ3v) is 3.58. The summed E-state index contributed by atoms with van der Waals surface area (Å²) in [5.74, 6) is 0.714. The zero-order chi connectivity index (χ0) is 12.4. The zero-order valence-electron chi connectivity index (χ0n) is 9.55. The summed E-state index contributed by atoms with van der Waals surface area (Å²) in [6.07, 6.45) is 1.74. The third kappa shape index (κ3) is 2.73. The van der Waals surface area contributed by atoms with Crippen molar-refractivity contribution in [3.63, 3.8) is 0 Å². The minimum absolute atomic E-state index is 0.0248. The van der Waals surface area contributed by atoms with Crippen molar-refractivity contribution in [3.8, 4) is 0 Å². The molecule has 0 aliphatic carbocycles. The van der Waals surface area contributed by atoms with Crippen LogP contribution < -0.4 is 0 Å². The van der Waals surface area contributed by atoms with Crippen LogP contribution >= 0.6 is 22.9 Å². The van der Waals surface area contributed by atoms with Gasteiger partial charge >= 0.3 is 0 Å². The quantitative estimate of drug-likeness (QED) is 0.802. The molecule has 0 fully saturated rings. The smallest absolute Gasteiger partial charge is 0.180 e. The molecule has 2 aromatic heterocycles. The molecule has 4 nitrogen and oxygen atoms in total. The molecule has 0 saturated carbocycles. The van der Waals surface area contributed by atoms with Gasteiger partial charge in [-0.15, -0.1) is 11.3 Å². The van der Waals surface area contributed by atoms with E-state index in [2.05, 4.69) is 10.1 Å².